The van der Waals surface area contributed by atoms with Gasteiger partial charge in [-0.05, 0) is 43.0 Å². The van der Waals surface area contributed by atoms with E-state index in [1.54, 1.807) is 24.3 Å². The van der Waals surface area contributed by atoms with Crippen molar-refractivity contribution in [1.82, 2.24) is 0 Å². The molecule has 1 aromatic carbocycles. The Morgan fingerprint density at radius 3 is 2.42 bits per heavy atom. The Bertz CT molecular complexity index is 519. The highest BCUT2D eigenvalue weighted by Gasteiger charge is 2.26. The van der Waals surface area contributed by atoms with Crippen LogP contribution in [0.3, 0.4) is 0 Å². The first-order chi connectivity index (χ1) is 9.11. The van der Waals surface area contributed by atoms with Gasteiger partial charge in [-0.2, -0.15) is 0 Å². The van der Waals surface area contributed by atoms with Gasteiger partial charge in [-0.3, -0.25) is 0 Å². The number of hydrogen-bond donors (Lipinski definition) is 3. The second-order valence-electron chi connectivity index (χ2n) is 4.54. The first-order valence-corrected chi connectivity index (χ1v) is 6.50. The average Bonchev–Trinajstić information content (AvgIpc) is 2.30. The van der Waals surface area contributed by atoms with Crippen LogP contribution in [0.4, 0.5) is 5.69 Å². The largest absolute Gasteiger partial charge is 0.478 e. The van der Waals surface area contributed by atoms with E-state index in [0.29, 0.717) is 10.7 Å². The van der Waals surface area contributed by atoms with Crippen LogP contribution in [0.15, 0.2) is 35.5 Å². The summed E-state index contributed by atoms with van der Waals surface area (Å²) in [5, 5.41) is 20.2. The third-order valence-electron chi connectivity index (χ3n) is 3.30. The van der Waals surface area contributed by atoms with E-state index in [4.69, 9.17) is 22.1 Å². The molecule has 0 unspecified atom stereocenters. The second-order valence-corrected chi connectivity index (χ2v) is 4.97. The molecule has 0 radical (unpaired) electrons. The highest BCUT2D eigenvalue weighted by atomic mass is 35.5. The molecule has 100 valence electrons. The van der Waals surface area contributed by atoms with E-state index in [0.717, 1.165) is 31.2 Å². The minimum atomic E-state index is -1.07. The number of benzene rings is 1. The van der Waals surface area contributed by atoms with Crippen molar-refractivity contribution in [2.24, 2.45) is 5.92 Å². The second kappa shape index (κ2) is 5.89. The molecule has 0 aliphatic heterocycles. The van der Waals surface area contributed by atoms with Gasteiger partial charge in [-0.1, -0.05) is 18.0 Å². The Morgan fingerprint density at radius 2 is 2.00 bits per heavy atom. The quantitative estimate of drug-likeness (QED) is 0.570. The number of hydrogen-bond acceptors (Lipinski definition) is 3. The summed E-state index contributed by atoms with van der Waals surface area (Å²) in [6.07, 6.45) is 3.92. The Kier molecular flexibility index (Phi) is 4.22. The summed E-state index contributed by atoms with van der Waals surface area (Å²) in [6, 6.07) is 7.08. The summed E-state index contributed by atoms with van der Waals surface area (Å²) >= 11 is 5.82. The summed E-state index contributed by atoms with van der Waals surface area (Å²) in [5.41, 5.74) is 1.43. The van der Waals surface area contributed by atoms with Crippen LogP contribution in [0.5, 0.6) is 0 Å². The fourth-order valence-corrected chi connectivity index (χ4v) is 2.16. The van der Waals surface area contributed by atoms with Crippen LogP contribution in [-0.2, 0) is 4.79 Å². The number of aliphatic carboxylic acids is 1. The minimum absolute atomic E-state index is 0.0275. The van der Waals surface area contributed by atoms with Crippen molar-refractivity contribution < 1.29 is 9.90 Å². The van der Waals surface area contributed by atoms with Crippen molar-refractivity contribution in [2.75, 3.05) is 5.32 Å². The standard InChI is InChI=1S/C14H15ClN2O2/c15-10-4-6-11(7-5-10)17-13(9-2-1-3-9)12(8-16)14(18)19/h4-9,16-17H,1-3H2,(H,18,19)/b13-12+,16-8?. The van der Waals surface area contributed by atoms with Crippen molar-refractivity contribution in [3.05, 3.63) is 40.6 Å². The molecule has 0 spiro atoms. The Morgan fingerprint density at radius 1 is 1.37 bits per heavy atom. The fraction of sp³-hybridized carbons (Fsp3) is 0.286. The van der Waals surface area contributed by atoms with E-state index < -0.39 is 5.97 Å². The lowest BCUT2D eigenvalue weighted by Gasteiger charge is -2.30. The lowest BCUT2D eigenvalue weighted by atomic mass is 9.81. The maximum absolute atomic E-state index is 11.2. The van der Waals surface area contributed by atoms with Crippen molar-refractivity contribution in [2.45, 2.75) is 19.3 Å². The predicted octanol–water partition coefficient (Wildman–Crippen LogP) is 3.54. The molecule has 1 fully saturated rings. The summed E-state index contributed by atoms with van der Waals surface area (Å²) in [4.78, 5) is 11.2. The highest BCUT2D eigenvalue weighted by Crippen LogP contribution is 2.35. The smallest absolute Gasteiger partial charge is 0.339 e. The number of anilines is 1. The summed E-state index contributed by atoms with van der Waals surface area (Å²) in [5.74, 6) is -0.873. The van der Waals surface area contributed by atoms with Crippen molar-refractivity contribution in [1.29, 1.82) is 5.41 Å². The van der Waals surface area contributed by atoms with E-state index in [1.165, 1.54) is 0 Å². The van der Waals surface area contributed by atoms with Crippen molar-refractivity contribution in [3.63, 3.8) is 0 Å². The van der Waals surface area contributed by atoms with Crippen LogP contribution in [0.2, 0.25) is 5.02 Å². The number of carboxylic acids is 1. The number of rotatable bonds is 5. The van der Waals surface area contributed by atoms with Gasteiger partial charge in [-0.15, -0.1) is 0 Å². The van der Waals surface area contributed by atoms with Gasteiger partial charge < -0.3 is 15.8 Å². The Hall–Kier alpha value is -1.81. The zero-order chi connectivity index (χ0) is 13.8. The minimum Gasteiger partial charge on any atom is -0.478 e. The molecule has 3 N–H and O–H groups in total. The third-order valence-corrected chi connectivity index (χ3v) is 3.55. The zero-order valence-electron chi connectivity index (χ0n) is 10.3. The van der Waals surface area contributed by atoms with Crippen molar-refractivity contribution >= 4 is 29.5 Å². The van der Waals surface area contributed by atoms with Crippen LogP contribution >= 0.6 is 11.6 Å². The van der Waals surface area contributed by atoms with Crippen LogP contribution in [-0.4, -0.2) is 17.3 Å². The zero-order valence-corrected chi connectivity index (χ0v) is 11.1. The van der Waals surface area contributed by atoms with Gasteiger partial charge >= 0.3 is 5.97 Å². The number of nitrogens with one attached hydrogen (secondary N) is 2. The van der Waals surface area contributed by atoms with E-state index >= 15 is 0 Å². The molecule has 4 nitrogen and oxygen atoms in total. The molecule has 2 rings (SSSR count). The van der Waals surface area contributed by atoms with E-state index in [-0.39, 0.29) is 11.5 Å². The first-order valence-electron chi connectivity index (χ1n) is 6.12. The van der Waals surface area contributed by atoms with Gasteiger partial charge in [0.15, 0.2) is 0 Å². The van der Waals surface area contributed by atoms with Gasteiger partial charge in [0.2, 0.25) is 0 Å². The molecule has 1 aromatic rings. The molecule has 0 aromatic heterocycles. The molecular formula is C14H15ClN2O2. The van der Waals surface area contributed by atoms with Crippen LogP contribution in [0.1, 0.15) is 19.3 Å². The highest BCUT2D eigenvalue weighted by molar-refractivity contribution is 6.30. The summed E-state index contributed by atoms with van der Waals surface area (Å²) in [6.45, 7) is 0. The molecular weight excluding hydrogens is 264 g/mol. The Balaban J connectivity index is 2.30. The molecule has 0 bridgehead atoms. The molecule has 1 saturated carbocycles. The molecule has 0 atom stereocenters. The van der Waals surface area contributed by atoms with E-state index in [2.05, 4.69) is 5.32 Å². The number of carboxylic acid groups (broad SMARTS) is 1. The molecule has 5 heteroatoms. The number of halogens is 1. The van der Waals surface area contributed by atoms with Gasteiger partial charge in [0.05, 0.1) is 5.57 Å². The lowest BCUT2D eigenvalue weighted by Crippen LogP contribution is -2.23. The van der Waals surface area contributed by atoms with Gasteiger partial charge in [0, 0.05) is 22.6 Å². The Labute approximate surface area is 116 Å². The topological polar surface area (TPSA) is 73.2 Å². The van der Waals surface area contributed by atoms with E-state index in [1.807, 2.05) is 0 Å². The summed E-state index contributed by atoms with van der Waals surface area (Å²) < 4.78 is 0. The molecule has 1 aliphatic rings. The van der Waals surface area contributed by atoms with Crippen molar-refractivity contribution in [3.8, 4) is 0 Å². The maximum Gasteiger partial charge on any atom is 0.339 e. The SMILES string of the molecule is N=C/C(C(=O)O)=C(\Nc1ccc(Cl)cc1)C1CCC1. The third kappa shape index (κ3) is 3.15. The van der Waals surface area contributed by atoms with Gasteiger partial charge in [0.1, 0.15) is 0 Å². The molecule has 19 heavy (non-hydrogen) atoms. The average molecular weight is 279 g/mol. The lowest BCUT2D eigenvalue weighted by molar-refractivity contribution is -0.132. The predicted molar refractivity (Wildman–Crippen MR) is 75.9 cm³/mol. The molecule has 0 heterocycles. The first kappa shape index (κ1) is 13.6. The monoisotopic (exact) mass is 278 g/mol. The fourth-order valence-electron chi connectivity index (χ4n) is 2.03. The van der Waals surface area contributed by atoms with Gasteiger partial charge in [-0.25, -0.2) is 4.79 Å². The van der Waals surface area contributed by atoms with Crippen LogP contribution in [0.25, 0.3) is 0 Å². The van der Waals surface area contributed by atoms with E-state index in [9.17, 15) is 4.79 Å². The molecule has 0 saturated heterocycles. The maximum atomic E-state index is 11.2. The van der Waals surface area contributed by atoms with Crippen LogP contribution < -0.4 is 5.32 Å². The molecule has 0 amide bonds. The summed E-state index contributed by atoms with van der Waals surface area (Å²) in [7, 11) is 0. The number of carbonyl (C=O) groups is 1. The number of allylic oxidation sites excluding steroid dienone is 1. The van der Waals surface area contributed by atoms with Crippen LogP contribution in [0, 0.1) is 11.3 Å². The molecule has 1 aliphatic carbocycles. The normalized spacial score (nSPS) is 16.3. The van der Waals surface area contributed by atoms with Gasteiger partial charge in [0.25, 0.3) is 0 Å².